The molecule has 1 amide bonds. The minimum atomic E-state index is -3.97. The number of benzene rings is 3. The van der Waals surface area contributed by atoms with Gasteiger partial charge in [0.15, 0.2) is 0 Å². The van der Waals surface area contributed by atoms with E-state index in [1.54, 1.807) is 61.5 Å². The second kappa shape index (κ2) is 13.5. The van der Waals surface area contributed by atoms with Gasteiger partial charge in [-0.2, -0.15) is 4.31 Å². The van der Waals surface area contributed by atoms with Crippen molar-refractivity contribution in [3.8, 4) is 0 Å². The number of rotatable bonds is 10. The molecule has 0 unspecified atom stereocenters. The van der Waals surface area contributed by atoms with Crippen molar-refractivity contribution in [3.05, 3.63) is 140 Å². The van der Waals surface area contributed by atoms with Crippen LogP contribution in [-0.4, -0.2) is 36.6 Å². The van der Waals surface area contributed by atoms with Gasteiger partial charge in [0.05, 0.1) is 46.3 Å². The number of carbonyl (C=O) groups excluding carboxylic acids is 2. The Morgan fingerprint density at radius 3 is 2.29 bits per heavy atom. The average Bonchev–Trinajstić information content (AvgIpc) is 3.56. The van der Waals surface area contributed by atoms with Gasteiger partial charge >= 0.3 is 5.97 Å². The number of carbonyl (C=O) groups is 2. The molecule has 2 heterocycles. The molecule has 232 valence electrons. The van der Waals surface area contributed by atoms with Gasteiger partial charge in [0.25, 0.3) is 5.91 Å². The lowest BCUT2D eigenvalue weighted by molar-refractivity contribution is -0.136. The largest absolute Gasteiger partial charge is 0.465 e. The lowest BCUT2D eigenvalue weighted by Gasteiger charge is -2.22. The Labute approximate surface area is 272 Å². The predicted octanol–water partition coefficient (Wildman–Crippen LogP) is 7.16. The first-order valence-corrected chi connectivity index (χ1v) is 16.1. The van der Waals surface area contributed by atoms with Gasteiger partial charge in [0.1, 0.15) is 11.5 Å². The molecule has 0 aliphatic carbocycles. The summed E-state index contributed by atoms with van der Waals surface area (Å²) in [5, 5.41) is 0.664. The van der Waals surface area contributed by atoms with Crippen molar-refractivity contribution in [3.63, 3.8) is 0 Å². The van der Waals surface area contributed by atoms with Crippen LogP contribution in [-0.2, 0) is 44.0 Å². The Balaban J connectivity index is 1.46. The van der Waals surface area contributed by atoms with E-state index in [0.717, 1.165) is 11.1 Å². The lowest BCUT2D eigenvalue weighted by Crippen LogP contribution is -2.30. The number of hydrogen-bond acceptors (Lipinski definition) is 6. The van der Waals surface area contributed by atoms with Crippen molar-refractivity contribution < 1.29 is 27.2 Å². The molecule has 1 aliphatic rings. The van der Waals surface area contributed by atoms with Gasteiger partial charge < -0.3 is 14.1 Å². The zero-order valence-electron chi connectivity index (χ0n) is 24.8. The van der Waals surface area contributed by atoms with Crippen LogP contribution in [0.2, 0.25) is 10.0 Å². The topological polar surface area (TPSA) is 97.1 Å². The molecule has 0 bridgehead atoms. The van der Waals surface area contributed by atoms with E-state index in [-0.39, 0.29) is 47.3 Å². The van der Waals surface area contributed by atoms with Gasteiger partial charge in [-0.15, -0.1) is 0 Å². The molecule has 11 heteroatoms. The van der Waals surface area contributed by atoms with Crippen LogP contribution >= 0.6 is 23.2 Å². The summed E-state index contributed by atoms with van der Waals surface area (Å²) in [6.45, 7) is 3.71. The fraction of sp³-hybridized carbons (Fsp3) is 0.176. The fourth-order valence-electron chi connectivity index (χ4n) is 4.98. The number of amides is 1. The zero-order valence-corrected chi connectivity index (χ0v) is 27.1. The molecule has 5 rings (SSSR count). The van der Waals surface area contributed by atoms with Crippen molar-refractivity contribution in [1.29, 1.82) is 0 Å². The number of allylic oxidation sites excluding steroid dienone is 1. The van der Waals surface area contributed by atoms with E-state index in [9.17, 15) is 18.0 Å². The van der Waals surface area contributed by atoms with Gasteiger partial charge in [0, 0.05) is 12.2 Å². The molecule has 8 nitrogen and oxygen atoms in total. The minimum Gasteiger partial charge on any atom is -0.465 e. The molecule has 0 saturated carbocycles. The Bertz CT molecular complexity index is 1920. The maximum Gasteiger partial charge on any atom is 0.340 e. The molecule has 4 aromatic rings. The molecule has 0 saturated heterocycles. The highest BCUT2D eigenvalue weighted by molar-refractivity contribution is 7.89. The Hall–Kier alpha value is -4.15. The average molecular weight is 666 g/mol. The Kier molecular flexibility index (Phi) is 9.65. The summed E-state index contributed by atoms with van der Waals surface area (Å²) < 4.78 is 39.9. The third-order valence-electron chi connectivity index (χ3n) is 7.39. The van der Waals surface area contributed by atoms with Crippen molar-refractivity contribution in [2.75, 3.05) is 7.11 Å². The molecule has 45 heavy (non-hydrogen) atoms. The van der Waals surface area contributed by atoms with Gasteiger partial charge in [-0.1, -0.05) is 77.3 Å². The summed E-state index contributed by atoms with van der Waals surface area (Å²) in [4.78, 5) is 28.0. The maximum atomic E-state index is 13.8. The molecular weight excluding hydrogens is 635 g/mol. The fourth-order valence-corrected chi connectivity index (χ4v) is 6.70. The number of ether oxygens (including phenoxy) is 1. The van der Waals surface area contributed by atoms with E-state index in [1.807, 2.05) is 37.3 Å². The molecule has 0 atom stereocenters. The zero-order chi connectivity index (χ0) is 32.3. The molecule has 0 N–H and O–H groups in total. The third kappa shape index (κ3) is 7.07. The van der Waals surface area contributed by atoms with Crippen LogP contribution in [0.3, 0.4) is 0 Å². The normalized spacial score (nSPS) is 14.6. The third-order valence-corrected chi connectivity index (χ3v) is 9.93. The summed E-state index contributed by atoms with van der Waals surface area (Å²) in [6.07, 6.45) is 1.48. The number of methoxy groups -OCH3 is 1. The number of esters is 1. The second-order valence-corrected chi connectivity index (χ2v) is 13.3. The number of halogens is 2. The highest BCUT2D eigenvalue weighted by atomic mass is 35.5. The van der Waals surface area contributed by atoms with Crippen molar-refractivity contribution in [1.82, 2.24) is 9.21 Å². The van der Waals surface area contributed by atoms with Gasteiger partial charge in [0.2, 0.25) is 10.0 Å². The minimum absolute atomic E-state index is 0.00836. The molecule has 0 spiro atoms. The van der Waals surface area contributed by atoms with Crippen molar-refractivity contribution in [2.45, 2.75) is 38.4 Å². The van der Waals surface area contributed by atoms with E-state index in [0.29, 0.717) is 27.1 Å². The molecule has 0 fully saturated rings. The summed E-state index contributed by atoms with van der Waals surface area (Å²) >= 11 is 12.3. The quantitative estimate of drug-likeness (QED) is 0.132. The molecule has 3 aromatic carbocycles. The first kappa shape index (κ1) is 32.2. The van der Waals surface area contributed by atoms with E-state index < -0.39 is 16.0 Å². The number of nitrogens with zero attached hydrogens (tertiary/aromatic N) is 2. The summed E-state index contributed by atoms with van der Waals surface area (Å²) in [5.74, 6) is -0.430. The van der Waals surface area contributed by atoms with Gasteiger partial charge in [-0.3, -0.25) is 4.79 Å². The standard InChI is InChI=1S/C34H30Cl2N2O6S/c1-22-9-14-28(15-10-22)45(41,42)37(19-25-11-16-30(35)31(36)17-25)21-27-13-12-26(44-27)18-29-32(34(40)43-3)23(2)38(33(29)39)20-24-7-5-4-6-8-24/h4-18H,19-21H2,1-3H3/b29-18+. The van der Waals surface area contributed by atoms with Crippen LogP contribution in [0.15, 0.2) is 111 Å². The van der Waals surface area contributed by atoms with Crippen LogP contribution in [0.4, 0.5) is 0 Å². The van der Waals surface area contributed by atoms with E-state index in [1.165, 1.54) is 22.4 Å². The summed E-state index contributed by atoms with van der Waals surface area (Å²) in [5.41, 5.74) is 3.18. The number of hydrogen-bond donors (Lipinski definition) is 0. The Morgan fingerprint density at radius 2 is 1.62 bits per heavy atom. The number of aryl methyl sites for hydroxylation is 1. The van der Waals surface area contributed by atoms with E-state index in [2.05, 4.69) is 0 Å². The highest BCUT2D eigenvalue weighted by Gasteiger charge is 2.37. The Morgan fingerprint density at radius 1 is 0.911 bits per heavy atom. The summed E-state index contributed by atoms with van der Waals surface area (Å²) in [6, 6.07) is 24.2. The smallest absolute Gasteiger partial charge is 0.340 e. The molecule has 1 aliphatic heterocycles. The van der Waals surface area contributed by atoms with Crippen LogP contribution in [0, 0.1) is 6.92 Å². The number of sulfonamides is 1. The van der Waals surface area contributed by atoms with Crippen LogP contribution in [0.25, 0.3) is 6.08 Å². The summed E-state index contributed by atoms with van der Waals surface area (Å²) in [7, 11) is -2.72. The number of furan rings is 1. The SMILES string of the molecule is COC(=O)C1=C(C)N(Cc2ccccc2)C(=O)/C1=C/c1ccc(CN(Cc2ccc(Cl)c(Cl)c2)S(=O)(=O)c2ccc(C)cc2)o1. The second-order valence-electron chi connectivity index (χ2n) is 10.5. The van der Waals surface area contributed by atoms with Crippen molar-refractivity contribution >= 4 is 51.2 Å². The first-order chi connectivity index (χ1) is 21.5. The molecule has 0 radical (unpaired) electrons. The maximum absolute atomic E-state index is 13.8. The monoisotopic (exact) mass is 664 g/mol. The first-order valence-electron chi connectivity index (χ1n) is 13.9. The van der Waals surface area contributed by atoms with Crippen LogP contribution in [0.5, 0.6) is 0 Å². The van der Waals surface area contributed by atoms with E-state index >= 15 is 0 Å². The van der Waals surface area contributed by atoms with Crippen molar-refractivity contribution in [2.24, 2.45) is 0 Å². The highest BCUT2D eigenvalue weighted by Crippen LogP contribution is 2.33. The van der Waals surface area contributed by atoms with Crippen LogP contribution < -0.4 is 0 Å². The predicted molar refractivity (Wildman–Crippen MR) is 172 cm³/mol. The lowest BCUT2D eigenvalue weighted by atomic mass is 10.1. The van der Waals surface area contributed by atoms with E-state index in [4.69, 9.17) is 32.4 Å². The van der Waals surface area contributed by atoms with Gasteiger partial charge in [-0.25, -0.2) is 13.2 Å². The van der Waals surface area contributed by atoms with Gasteiger partial charge in [-0.05, 0) is 67.4 Å². The molecular formula is C34H30Cl2N2O6S. The molecule has 1 aromatic heterocycles. The van der Waals surface area contributed by atoms with Crippen LogP contribution in [0.1, 0.15) is 35.1 Å².